The summed E-state index contributed by atoms with van der Waals surface area (Å²) < 4.78 is 32.0. The molecule has 1 atom stereocenters. The van der Waals surface area contributed by atoms with Crippen molar-refractivity contribution in [2.45, 2.75) is 12.5 Å². The van der Waals surface area contributed by atoms with E-state index in [-0.39, 0.29) is 13.4 Å². The van der Waals surface area contributed by atoms with E-state index < -0.39 is 12.5 Å². The summed E-state index contributed by atoms with van der Waals surface area (Å²) in [6.07, 6.45) is -3.40. The van der Waals surface area contributed by atoms with Crippen LogP contribution in [0.1, 0.15) is 0 Å². The van der Waals surface area contributed by atoms with Crippen LogP contribution in [-0.4, -0.2) is 25.9 Å². The Hall–Kier alpha value is -0.220. The van der Waals surface area contributed by atoms with Gasteiger partial charge in [0, 0.05) is 0 Å². The maximum Gasteiger partial charge on any atom is 0.266 e. The van der Waals surface area contributed by atoms with Gasteiger partial charge in [-0.15, -0.1) is 0 Å². The summed E-state index contributed by atoms with van der Waals surface area (Å²) in [6, 6.07) is 0. The van der Waals surface area contributed by atoms with E-state index in [0.717, 1.165) is 0 Å². The molecule has 0 amide bonds. The van der Waals surface area contributed by atoms with Crippen molar-refractivity contribution in [3.63, 3.8) is 0 Å². The molecule has 0 aromatic heterocycles. The first-order valence-corrected chi connectivity index (χ1v) is 2.28. The van der Waals surface area contributed by atoms with E-state index in [1.165, 1.54) is 0 Å². The van der Waals surface area contributed by atoms with Gasteiger partial charge in [0.1, 0.15) is 12.9 Å². The summed E-state index contributed by atoms with van der Waals surface area (Å²) in [5.74, 6) is 0. The van der Waals surface area contributed by atoms with Crippen LogP contribution in [0.15, 0.2) is 0 Å². The van der Waals surface area contributed by atoms with E-state index in [0.29, 0.717) is 0 Å². The minimum Gasteiger partial charge on any atom is -0.352 e. The van der Waals surface area contributed by atoms with Gasteiger partial charge in [-0.2, -0.15) is 0 Å². The molecule has 1 fully saturated rings. The van der Waals surface area contributed by atoms with Crippen LogP contribution in [0.5, 0.6) is 0 Å². The molecule has 0 radical (unpaired) electrons. The lowest BCUT2D eigenvalue weighted by atomic mass is 10.4. The number of ether oxygens (including phenoxy) is 2. The van der Waals surface area contributed by atoms with E-state index in [9.17, 15) is 8.78 Å². The fraction of sp³-hybridized carbons (Fsp3) is 1.00. The molecule has 1 unspecified atom stereocenters. The first-order chi connectivity index (χ1) is 3.80. The Morgan fingerprint density at radius 1 is 1.50 bits per heavy atom. The van der Waals surface area contributed by atoms with Crippen molar-refractivity contribution in [2.24, 2.45) is 0 Å². The number of hydrogen-bond donors (Lipinski definition) is 0. The van der Waals surface area contributed by atoms with Crippen molar-refractivity contribution in [1.82, 2.24) is 0 Å². The molecule has 48 valence electrons. The normalized spacial score (nSPS) is 29.6. The molecule has 0 N–H and O–H groups in total. The van der Waals surface area contributed by atoms with Gasteiger partial charge in [-0.25, -0.2) is 8.78 Å². The van der Waals surface area contributed by atoms with Crippen molar-refractivity contribution in [3.05, 3.63) is 0 Å². The van der Waals surface area contributed by atoms with Gasteiger partial charge in [0.05, 0.1) is 6.61 Å². The van der Waals surface area contributed by atoms with Gasteiger partial charge in [0.25, 0.3) is 6.43 Å². The molecular weight excluding hydrogens is 118 g/mol. The van der Waals surface area contributed by atoms with Crippen molar-refractivity contribution in [1.29, 1.82) is 0 Å². The lowest BCUT2D eigenvalue weighted by Crippen LogP contribution is -2.19. The summed E-state index contributed by atoms with van der Waals surface area (Å²) in [7, 11) is 0. The average molecular weight is 124 g/mol. The Morgan fingerprint density at radius 3 is 2.50 bits per heavy atom. The highest BCUT2D eigenvalue weighted by Crippen LogP contribution is 2.10. The molecule has 1 aliphatic rings. The van der Waals surface area contributed by atoms with Crippen LogP contribution in [0.3, 0.4) is 0 Å². The van der Waals surface area contributed by atoms with E-state index in [2.05, 4.69) is 9.47 Å². The molecule has 2 nitrogen and oxygen atoms in total. The topological polar surface area (TPSA) is 18.5 Å². The SMILES string of the molecule is FC(F)C1COCO1. The summed E-state index contributed by atoms with van der Waals surface area (Å²) in [5.41, 5.74) is 0. The number of hydrogen-bond acceptors (Lipinski definition) is 2. The quantitative estimate of drug-likeness (QED) is 0.510. The summed E-state index contributed by atoms with van der Waals surface area (Å²) >= 11 is 0. The highest BCUT2D eigenvalue weighted by atomic mass is 19.3. The van der Waals surface area contributed by atoms with Crippen LogP contribution in [0.4, 0.5) is 8.78 Å². The van der Waals surface area contributed by atoms with Crippen LogP contribution in [0.2, 0.25) is 0 Å². The standard InChI is InChI=1S/C4H6F2O2/c5-4(6)3-1-7-2-8-3/h3-4H,1-2H2. The second kappa shape index (κ2) is 2.37. The summed E-state index contributed by atoms with van der Waals surface area (Å²) in [5, 5.41) is 0. The minimum absolute atomic E-state index is 0.00894. The lowest BCUT2D eigenvalue weighted by molar-refractivity contribution is -0.0261. The Balaban J connectivity index is 2.24. The largest absolute Gasteiger partial charge is 0.352 e. The van der Waals surface area contributed by atoms with Crippen LogP contribution < -0.4 is 0 Å². The van der Waals surface area contributed by atoms with Gasteiger partial charge in [0.15, 0.2) is 0 Å². The van der Waals surface area contributed by atoms with Crippen molar-refractivity contribution >= 4 is 0 Å². The second-order valence-electron chi connectivity index (χ2n) is 1.53. The molecule has 8 heavy (non-hydrogen) atoms. The van der Waals surface area contributed by atoms with Gasteiger partial charge in [-0.1, -0.05) is 0 Å². The average Bonchev–Trinajstić information content (AvgIpc) is 2.12. The van der Waals surface area contributed by atoms with Crippen molar-refractivity contribution in [3.8, 4) is 0 Å². The zero-order valence-corrected chi connectivity index (χ0v) is 4.14. The minimum atomic E-state index is -2.41. The molecule has 1 rings (SSSR count). The monoisotopic (exact) mass is 124 g/mol. The summed E-state index contributed by atoms with van der Waals surface area (Å²) in [4.78, 5) is 0. The van der Waals surface area contributed by atoms with Crippen LogP contribution in [0.25, 0.3) is 0 Å². The third-order valence-electron chi connectivity index (χ3n) is 0.929. The molecule has 1 aliphatic heterocycles. The second-order valence-corrected chi connectivity index (χ2v) is 1.53. The van der Waals surface area contributed by atoms with Gasteiger partial charge in [-0.3, -0.25) is 0 Å². The third-order valence-corrected chi connectivity index (χ3v) is 0.929. The summed E-state index contributed by atoms with van der Waals surface area (Å²) in [6.45, 7) is 0.0344. The molecule has 0 bridgehead atoms. The van der Waals surface area contributed by atoms with Gasteiger partial charge in [0.2, 0.25) is 0 Å². The first-order valence-electron chi connectivity index (χ1n) is 2.28. The van der Waals surface area contributed by atoms with Crippen molar-refractivity contribution in [2.75, 3.05) is 13.4 Å². The Bertz CT molecular complexity index is 70.4. The molecule has 1 heterocycles. The Morgan fingerprint density at radius 2 is 2.25 bits per heavy atom. The molecular formula is C4H6F2O2. The fourth-order valence-corrected chi connectivity index (χ4v) is 0.493. The highest BCUT2D eigenvalue weighted by Gasteiger charge is 2.25. The predicted molar refractivity (Wildman–Crippen MR) is 21.7 cm³/mol. The smallest absolute Gasteiger partial charge is 0.266 e. The van der Waals surface area contributed by atoms with E-state index in [4.69, 9.17) is 0 Å². The Labute approximate surface area is 45.4 Å². The van der Waals surface area contributed by atoms with E-state index in [1.54, 1.807) is 0 Å². The molecule has 0 aromatic rings. The van der Waals surface area contributed by atoms with Gasteiger partial charge < -0.3 is 9.47 Å². The predicted octanol–water partition coefficient (Wildman–Crippen LogP) is 0.624. The zero-order chi connectivity index (χ0) is 5.98. The molecule has 0 aromatic carbocycles. The third kappa shape index (κ3) is 1.14. The van der Waals surface area contributed by atoms with Crippen molar-refractivity contribution < 1.29 is 18.3 Å². The van der Waals surface area contributed by atoms with Crippen LogP contribution in [-0.2, 0) is 9.47 Å². The number of rotatable bonds is 1. The van der Waals surface area contributed by atoms with E-state index >= 15 is 0 Å². The number of alkyl halides is 2. The maximum absolute atomic E-state index is 11.5. The number of halogens is 2. The molecule has 4 heteroatoms. The molecule has 0 spiro atoms. The highest BCUT2D eigenvalue weighted by molar-refractivity contribution is 4.60. The lowest BCUT2D eigenvalue weighted by Gasteiger charge is -2.02. The zero-order valence-electron chi connectivity index (χ0n) is 4.14. The molecule has 0 aliphatic carbocycles. The fourth-order valence-electron chi connectivity index (χ4n) is 0.493. The molecule has 0 saturated carbocycles. The van der Waals surface area contributed by atoms with Crippen LogP contribution >= 0.6 is 0 Å². The Kier molecular flexibility index (Phi) is 1.75. The molecule has 1 saturated heterocycles. The van der Waals surface area contributed by atoms with Gasteiger partial charge in [-0.05, 0) is 0 Å². The maximum atomic E-state index is 11.5. The van der Waals surface area contributed by atoms with Gasteiger partial charge >= 0.3 is 0 Å². The van der Waals surface area contributed by atoms with E-state index in [1.807, 2.05) is 0 Å². The first kappa shape index (κ1) is 5.91. The van der Waals surface area contributed by atoms with Crippen LogP contribution in [0, 0.1) is 0 Å².